The van der Waals surface area contributed by atoms with Crippen LogP contribution >= 0.6 is 0 Å². The molecule has 96 valence electrons. The highest BCUT2D eigenvalue weighted by Gasteiger charge is 2.21. The SMILES string of the molecule is CCCN(CCC(C)C)C(=O)OC(C)(C)C. The molecule has 0 aromatic carbocycles. The van der Waals surface area contributed by atoms with Crippen LogP contribution in [-0.2, 0) is 4.74 Å². The summed E-state index contributed by atoms with van der Waals surface area (Å²) in [5.74, 6) is 0.613. The first-order chi connectivity index (χ1) is 7.26. The van der Waals surface area contributed by atoms with Crippen molar-refractivity contribution < 1.29 is 9.53 Å². The summed E-state index contributed by atoms with van der Waals surface area (Å²) in [5.41, 5.74) is -0.402. The fraction of sp³-hybridized carbons (Fsp3) is 0.923. The maximum Gasteiger partial charge on any atom is 0.410 e. The van der Waals surface area contributed by atoms with Gasteiger partial charge in [0.25, 0.3) is 0 Å². The van der Waals surface area contributed by atoms with Gasteiger partial charge in [0.1, 0.15) is 5.60 Å². The Balaban J connectivity index is 4.23. The third-order valence-electron chi connectivity index (χ3n) is 2.12. The number of carbonyl (C=O) groups is 1. The summed E-state index contributed by atoms with van der Waals surface area (Å²) in [4.78, 5) is 13.7. The Morgan fingerprint density at radius 3 is 2.19 bits per heavy atom. The fourth-order valence-electron chi connectivity index (χ4n) is 1.30. The molecule has 0 atom stereocenters. The van der Waals surface area contributed by atoms with Crippen LogP contribution < -0.4 is 0 Å². The van der Waals surface area contributed by atoms with Crippen LogP contribution in [0.15, 0.2) is 0 Å². The van der Waals surface area contributed by atoms with Crippen molar-refractivity contribution in [3.05, 3.63) is 0 Å². The second-order valence-corrected chi connectivity index (χ2v) is 5.65. The smallest absolute Gasteiger partial charge is 0.410 e. The molecule has 0 bridgehead atoms. The Hall–Kier alpha value is -0.730. The molecular weight excluding hydrogens is 202 g/mol. The molecule has 0 N–H and O–H groups in total. The zero-order valence-electron chi connectivity index (χ0n) is 11.7. The van der Waals surface area contributed by atoms with Gasteiger partial charge in [0.05, 0.1) is 0 Å². The highest BCUT2D eigenvalue weighted by Crippen LogP contribution is 2.11. The van der Waals surface area contributed by atoms with Crippen LogP contribution in [0.1, 0.15) is 54.4 Å². The predicted molar refractivity (Wildman–Crippen MR) is 67.6 cm³/mol. The molecule has 0 unspecified atom stereocenters. The molecule has 0 fully saturated rings. The van der Waals surface area contributed by atoms with E-state index < -0.39 is 5.60 Å². The maximum atomic E-state index is 11.9. The second kappa shape index (κ2) is 6.77. The number of amides is 1. The van der Waals surface area contributed by atoms with Crippen LogP contribution in [-0.4, -0.2) is 29.7 Å². The van der Waals surface area contributed by atoms with E-state index in [9.17, 15) is 4.79 Å². The van der Waals surface area contributed by atoms with Gasteiger partial charge in [-0.3, -0.25) is 0 Å². The molecule has 0 heterocycles. The summed E-state index contributed by atoms with van der Waals surface area (Å²) >= 11 is 0. The normalized spacial score (nSPS) is 11.7. The third-order valence-corrected chi connectivity index (χ3v) is 2.12. The van der Waals surface area contributed by atoms with Crippen LogP contribution in [0.3, 0.4) is 0 Å². The second-order valence-electron chi connectivity index (χ2n) is 5.65. The third kappa shape index (κ3) is 7.55. The zero-order valence-corrected chi connectivity index (χ0v) is 11.7. The van der Waals surface area contributed by atoms with Crippen molar-refractivity contribution in [2.45, 2.75) is 60.0 Å². The van der Waals surface area contributed by atoms with Crippen molar-refractivity contribution in [3.8, 4) is 0 Å². The van der Waals surface area contributed by atoms with E-state index in [1.165, 1.54) is 0 Å². The minimum Gasteiger partial charge on any atom is -0.444 e. The Morgan fingerprint density at radius 2 is 1.81 bits per heavy atom. The number of hydrogen-bond acceptors (Lipinski definition) is 2. The largest absolute Gasteiger partial charge is 0.444 e. The standard InChI is InChI=1S/C13H27NO2/c1-7-9-14(10-8-11(2)3)12(15)16-13(4,5)6/h11H,7-10H2,1-6H3. The van der Waals surface area contributed by atoms with Gasteiger partial charge in [0.2, 0.25) is 0 Å². The lowest BCUT2D eigenvalue weighted by Crippen LogP contribution is -2.38. The molecule has 1 amide bonds. The van der Waals surface area contributed by atoms with Crippen molar-refractivity contribution in [2.24, 2.45) is 5.92 Å². The molecule has 0 rings (SSSR count). The Morgan fingerprint density at radius 1 is 1.25 bits per heavy atom. The van der Waals surface area contributed by atoms with E-state index in [2.05, 4.69) is 20.8 Å². The number of rotatable bonds is 5. The molecule has 0 aliphatic carbocycles. The summed E-state index contributed by atoms with van der Waals surface area (Å²) in [7, 11) is 0. The summed E-state index contributed by atoms with van der Waals surface area (Å²) in [6, 6.07) is 0. The van der Waals surface area contributed by atoms with E-state index in [0.29, 0.717) is 5.92 Å². The van der Waals surface area contributed by atoms with Crippen LogP contribution in [0, 0.1) is 5.92 Å². The number of carbonyl (C=O) groups excluding carboxylic acids is 1. The van der Waals surface area contributed by atoms with E-state index in [-0.39, 0.29) is 6.09 Å². The van der Waals surface area contributed by atoms with E-state index in [1.54, 1.807) is 0 Å². The first-order valence-corrected chi connectivity index (χ1v) is 6.24. The lowest BCUT2D eigenvalue weighted by atomic mass is 10.1. The summed E-state index contributed by atoms with van der Waals surface area (Å²) in [6.45, 7) is 13.7. The van der Waals surface area contributed by atoms with Gasteiger partial charge in [0.15, 0.2) is 0 Å². The van der Waals surface area contributed by atoms with Crippen molar-refractivity contribution in [1.29, 1.82) is 0 Å². The molecular formula is C13H27NO2. The minimum atomic E-state index is -0.402. The molecule has 0 spiro atoms. The van der Waals surface area contributed by atoms with E-state index in [1.807, 2.05) is 25.7 Å². The van der Waals surface area contributed by atoms with Crippen LogP contribution in [0.4, 0.5) is 4.79 Å². The maximum absolute atomic E-state index is 11.9. The highest BCUT2D eigenvalue weighted by molar-refractivity contribution is 5.68. The molecule has 0 aromatic rings. The molecule has 0 saturated heterocycles. The average Bonchev–Trinajstić information content (AvgIpc) is 2.08. The van der Waals surface area contributed by atoms with Gasteiger partial charge in [0, 0.05) is 13.1 Å². The quantitative estimate of drug-likeness (QED) is 0.719. The molecule has 0 aromatic heterocycles. The topological polar surface area (TPSA) is 29.5 Å². The van der Waals surface area contributed by atoms with Gasteiger partial charge in [-0.15, -0.1) is 0 Å². The van der Waals surface area contributed by atoms with Gasteiger partial charge in [-0.1, -0.05) is 20.8 Å². The first kappa shape index (κ1) is 15.3. The van der Waals surface area contributed by atoms with E-state index in [0.717, 1.165) is 25.9 Å². The summed E-state index contributed by atoms with van der Waals surface area (Å²) in [6.07, 6.45) is 1.81. The van der Waals surface area contributed by atoms with E-state index >= 15 is 0 Å². The highest BCUT2D eigenvalue weighted by atomic mass is 16.6. The molecule has 0 aliphatic heterocycles. The molecule has 3 nitrogen and oxygen atoms in total. The Kier molecular flexibility index (Phi) is 6.46. The Bertz CT molecular complexity index is 206. The number of nitrogens with zero attached hydrogens (tertiary/aromatic N) is 1. The van der Waals surface area contributed by atoms with Gasteiger partial charge in [-0.05, 0) is 39.5 Å². The van der Waals surface area contributed by atoms with Crippen molar-refractivity contribution in [2.75, 3.05) is 13.1 Å². The molecule has 0 saturated carbocycles. The average molecular weight is 229 g/mol. The molecule has 0 aliphatic rings. The molecule has 3 heteroatoms. The van der Waals surface area contributed by atoms with E-state index in [4.69, 9.17) is 4.74 Å². The number of hydrogen-bond donors (Lipinski definition) is 0. The van der Waals surface area contributed by atoms with Gasteiger partial charge < -0.3 is 9.64 Å². The summed E-state index contributed by atoms with van der Waals surface area (Å²) in [5, 5.41) is 0. The van der Waals surface area contributed by atoms with Gasteiger partial charge >= 0.3 is 6.09 Å². The fourth-order valence-corrected chi connectivity index (χ4v) is 1.30. The Labute approximate surface area is 100 Å². The lowest BCUT2D eigenvalue weighted by molar-refractivity contribution is 0.0242. The molecule has 16 heavy (non-hydrogen) atoms. The monoisotopic (exact) mass is 229 g/mol. The van der Waals surface area contributed by atoms with Gasteiger partial charge in [-0.2, -0.15) is 0 Å². The lowest BCUT2D eigenvalue weighted by Gasteiger charge is -2.27. The minimum absolute atomic E-state index is 0.185. The van der Waals surface area contributed by atoms with Crippen LogP contribution in [0.25, 0.3) is 0 Å². The van der Waals surface area contributed by atoms with Crippen molar-refractivity contribution in [3.63, 3.8) is 0 Å². The predicted octanol–water partition coefficient (Wildman–Crippen LogP) is 3.68. The van der Waals surface area contributed by atoms with Crippen molar-refractivity contribution >= 4 is 6.09 Å². The first-order valence-electron chi connectivity index (χ1n) is 6.24. The number of ether oxygens (including phenoxy) is 1. The summed E-state index contributed by atoms with van der Waals surface area (Å²) < 4.78 is 5.37. The zero-order chi connectivity index (χ0) is 12.8. The molecule has 0 radical (unpaired) electrons. The van der Waals surface area contributed by atoms with Crippen molar-refractivity contribution in [1.82, 2.24) is 4.90 Å². The van der Waals surface area contributed by atoms with Crippen LogP contribution in [0.5, 0.6) is 0 Å². The van der Waals surface area contributed by atoms with Gasteiger partial charge in [-0.25, -0.2) is 4.79 Å². The van der Waals surface area contributed by atoms with Crippen LogP contribution in [0.2, 0.25) is 0 Å².